The monoisotopic (exact) mass is 344 g/mol. The lowest BCUT2D eigenvalue weighted by atomic mass is 9.98. The lowest BCUT2D eigenvalue weighted by Gasteiger charge is -2.22. The molecule has 1 aromatic rings. The van der Waals surface area contributed by atoms with E-state index in [1.54, 1.807) is 12.1 Å². The van der Waals surface area contributed by atoms with E-state index in [2.05, 4.69) is 29.8 Å². The van der Waals surface area contributed by atoms with E-state index in [-0.39, 0.29) is 5.41 Å². The summed E-state index contributed by atoms with van der Waals surface area (Å²) in [5.74, 6) is 0.488. The van der Waals surface area contributed by atoms with Gasteiger partial charge in [0.25, 0.3) is 0 Å². The third-order valence-electron chi connectivity index (χ3n) is 1.93. The summed E-state index contributed by atoms with van der Waals surface area (Å²) in [4.78, 5) is 0. The van der Waals surface area contributed by atoms with Gasteiger partial charge in [-0.3, -0.25) is 0 Å². The van der Waals surface area contributed by atoms with Crippen molar-refractivity contribution in [1.29, 1.82) is 0 Å². The number of ether oxygens (including phenoxy) is 1. The van der Waals surface area contributed by atoms with E-state index in [4.69, 9.17) is 39.5 Å². The number of rotatable bonds is 4. The lowest BCUT2D eigenvalue weighted by molar-refractivity contribution is 0.203. The van der Waals surface area contributed by atoms with Crippen molar-refractivity contribution in [3.63, 3.8) is 0 Å². The summed E-state index contributed by atoms with van der Waals surface area (Å²) in [5, 5.41) is 2.20. The highest BCUT2D eigenvalue weighted by Crippen LogP contribution is 2.36. The SMILES string of the molecule is CC(C)(CBr)COc1c(Cl)cc(Cl)cc1Cl. The Hall–Kier alpha value is 0.370. The van der Waals surface area contributed by atoms with E-state index in [9.17, 15) is 0 Å². The van der Waals surface area contributed by atoms with Crippen LogP contribution in [0, 0.1) is 5.41 Å². The molecule has 1 aromatic carbocycles. The average molecular weight is 346 g/mol. The molecule has 0 aliphatic heterocycles. The Balaban J connectivity index is 2.82. The molecule has 0 radical (unpaired) electrons. The highest BCUT2D eigenvalue weighted by atomic mass is 79.9. The first-order valence-electron chi connectivity index (χ1n) is 4.69. The minimum Gasteiger partial charge on any atom is -0.490 e. The standard InChI is InChI=1S/C11H12BrCl3O/c1-11(2,5-12)6-16-10-8(14)3-7(13)4-9(10)15/h3-4H,5-6H2,1-2H3. The summed E-state index contributed by atoms with van der Waals surface area (Å²) in [6.07, 6.45) is 0. The van der Waals surface area contributed by atoms with Crippen LogP contribution in [0.3, 0.4) is 0 Å². The van der Waals surface area contributed by atoms with E-state index in [1.807, 2.05) is 0 Å². The van der Waals surface area contributed by atoms with Gasteiger partial charge in [0.1, 0.15) is 0 Å². The first-order chi connectivity index (χ1) is 7.35. The third kappa shape index (κ3) is 3.99. The molecule has 0 unspecified atom stereocenters. The van der Waals surface area contributed by atoms with Crippen LogP contribution >= 0.6 is 50.7 Å². The fraction of sp³-hybridized carbons (Fsp3) is 0.455. The molecule has 0 saturated carbocycles. The average Bonchev–Trinajstić information content (AvgIpc) is 2.16. The van der Waals surface area contributed by atoms with Gasteiger partial charge in [-0.25, -0.2) is 0 Å². The van der Waals surface area contributed by atoms with Crippen molar-refractivity contribution in [3.05, 3.63) is 27.2 Å². The zero-order valence-electron chi connectivity index (χ0n) is 8.99. The molecule has 0 spiro atoms. The molecule has 5 heteroatoms. The maximum atomic E-state index is 6.00. The Morgan fingerprint density at radius 3 is 2.12 bits per heavy atom. The topological polar surface area (TPSA) is 9.23 Å². The molecule has 1 nitrogen and oxygen atoms in total. The quantitative estimate of drug-likeness (QED) is 0.659. The lowest BCUT2D eigenvalue weighted by Crippen LogP contribution is -2.23. The van der Waals surface area contributed by atoms with E-state index in [1.165, 1.54) is 0 Å². The number of hydrogen-bond donors (Lipinski definition) is 0. The zero-order chi connectivity index (χ0) is 12.3. The Morgan fingerprint density at radius 1 is 1.19 bits per heavy atom. The maximum absolute atomic E-state index is 6.00. The molecule has 0 aliphatic carbocycles. The van der Waals surface area contributed by atoms with Crippen LogP contribution < -0.4 is 4.74 Å². The number of halogens is 4. The van der Waals surface area contributed by atoms with Crippen LogP contribution in [0.15, 0.2) is 12.1 Å². The molecule has 0 N–H and O–H groups in total. The first kappa shape index (κ1) is 14.4. The van der Waals surface area contributed by atoms with Gasteiger partial charge in [-0.05, 0) is 12.1 Å². The Labute approximate surface area is 119 Å². The summed E-state index contributed by atoms with van der Waals surface area (Å²) < 4.78 is 5.63. The highest BCUT2D eigenvalue weighted by Gasteiger charge is 2.19. The maximum Gasteiger partial charge on any atom is 0.156 e. The van der Waals surface area contributed by atoms with Gasteiger partial charge in [0, 0.05) is 15.8 Å². The van der Waals surface area contributed by atoms with E-state index in [0.717, 1.165) is 5.33 Å². The van der Waals surface area contributed by atoms with Gasteiger partial charge < -0.3 is 4.74 Å². The molecular formula is C11H12BrCl3O. The summed E-state index contributed by atoms with van der Waals surface area (Å²) in [6, 6.07) is 3.23. The molecule has 90 valence electrons. The predicted octanol–water partition coefficient (Wildman–Crippen LogP) is 5.45. The fourth-order valence-electron chi connectivity index (χ4n) is 0.973. The second kappa shape index (κ2) is 5.81. The van der Waals surface area contributed by atoms with Crippen molar-refractivity contribution in [3.8, 4) is 5.75 Å². The van der Waals surface area contributed by atoms with Gasteiger partial charge in [0.2, 0.25) is 0 Å². The molecular weight excluding hydrogens is 334 g/mol. The van der Waals surface area contributed by atoms with E-state index in [0.29, 0.717) is 27.4 Å². The van der Waals surface area contributed by atoms with Gasteiger partial charge in [0.15, 0.2) is 5.75 Å². The van der Waals surface area contributed by atoms with Crippen LogP contribution in [-0.2, 0) is 0 Å². The van der Waals surface area contributed by atoms with Crippen molar-refractivity contribution in [2.24, 2.45) is 5.41 Å². The number of alkyl halides is 1. The van der Waals surface area contributed by atoms with Gasteiger partial charge in [0.05, 0.1) is 16.7 Å². The van der Waals surface area contributed by atoms with Crippen LogP contribution in [-0.4, -0.2) is 11.9 Å². The predicted molar refractivity (Wildman–Crippen MR) is 74.5 cm³/mol. The molecule has 0 saturated heterocycles. The molecule has 0 heterocycles. The van der Waals surface area contributed by atoms with Crippen LogP contribution in [0.2, 0.25) is 15.1 Å². The van der Waals surface area contributed by atoms with Crippen molar-refractivity contribution in [1.82, 2.24) is 0 Å². The third-order valence-corrected chi connectivity index (χ3v) is 4.23. The number of benzene rings is 1. The van der Waals surface area contributed by atoms with Gasteiger partial charge in [-0.2, -0.15) is 0 Å². The number of hydrogen-bond acceptors (Lipinski definition) is 1. The molecule has 16 heavy (non-hydrogen) atoms. The van der Waals surface area contributed by atoms with Gasteiger partial charge in [-0.15, -0.1) is 0 Å². The Morgan fingerprint density at radius 2 is 1.69 bits per heavy atom. The smallest absolute Gasteiger partial charge is 0.156 e. The summed E-state index contributed by atoms with van der Waals surface area (Å²) in [5.41, 5.74) is 0.0201. The van der Waals surface area contributed by atoms with Crippen LogP contribution in [0.25, 0.3) is 0 Å². The van der Waals surface area contributed by atoms with Crippen molar-refractivity contribution < 1.29 is 4.74 Å². The normalized spacial score (nSPS) is 11.6. The molecule has 0 aromatic heterocycles. The fourth-order valence-corrected chi connectivity index (χ4v) is 2.06. The van der Waals surface area contributed by atoms with Crippen molar-refractivity contribution in [2.75, 3.05) is 11.9 Å². The second-order valence-corrected chi connectivity index (χ2v) is 6.10. The molecule has 0 aliphatic rings. The largest absolute Gasteiger partial charge is 0.490 e. The zero-order valence-corrected chi connectivity index (χ0v) is 12.8. The van der Waals surface area contributed by atoms with Crippen LogP contribution in [0.1, 0.15) is 13.8 Å². The summed E-state index contributed by atoms with van der Waals surface area (Å²) in [6.45, 7) is 4.69. The van der Waals surface area contributed by atoms with E-state index < -0.39 is 0 Å². The highest BCUT2D eigenvalue weighted by molar-refractivity contribution is 9.09. The van der Waals surface area contributed by atoms with Crippen molar-refractivity contribution >= 4 is 50.7 Å². The summed E-state index contributed by atoms with van der Waals surface area (Å²) in [7, 11) is 0. The summed E-state index contributed by atoms with van der Waals surface area (Å²) >= 11 is 21.2. The Bertz CT molecular complexity index is 356. The minimum absolute atomic E-state index is 0.0201. The molecule has 0 amide bonds. The molecule has 1 rings (SSSR count). The molecule has 0 fully saturated rings. The molecule has 0 bridgehead atoms. The molecule has 0 atom stereocenters. The Kier molecular flexibility index (Phi) is 5.24. The van der Waals surface area contributed by atoms with Gasteiger partial charge in [-0.1, -0.05) is 64.6 Å². The van der Waals surface area contributed by atoms with E-state index >= 15 is 0 Å². The van der Waals surface area contributed by atoms with Crippen LogP contribution in [0.5, 0.6) is 5.75 Å². The second-order valence-electron chi connectivity index (χ2n) is 4.29. The van der Waals surface area contributed by atoms with Gasteiger partial charge >= 0.3 is 0 Å². The minimum atomic E-state index is 0.0201. The van der Waals surface area contributed by atoms with Crippen LogP contribution in [0.4, 0.5) is 0 Å². The van der Waals surface area contributed by atoms with Crippen molar-refractivity contribution in [2.45, 2.75) is 13.8 Å². The first-order valence-corrected chi connectivity index (χ1v) is 6.94.